The van der Waals surface area contributed by atoms with Crippen LogP contribution in [0.5, 0.6) is 0 Å². The van der Waals surface area contributed by atoms with Gasteiger partial charge in [-0.25, -0.2) is 0 Å². The molecule has 6 heteroatoms. The van der Waals surface area contributed by atoms with Crippen molar-refractivity contribution in [3.8, 4) is 0 Å². The molecule has 0 aliphatic heterocycles. The average Bonchev–Trinajstić information content (AvgIpc) is 2.02. The van der Waals surface area contributed by atoms with E-state index in [0.29, 0.717) is 19.6 Å². The fraction of sp³-hybridized carbons (Fsp3) is 1.00. The summed E-state index contributed by atoms with van der Waals surface area (Å²) >= 11 is 5.40. The van der Waals surface area contributed by atoms with E-state index in [1.54, 1.807) is 0 Å². The van der Waals surface area contributed by atoms with Gasteiger partial charge >= 0.3 is 6.18 Å². The van der Waals surface area contributed by atoms with Crippen molar-refractivity contribution < 1.29 is 17.9 Å². The number of hydrogen-bond acceptors (Lipinski definition) is 2. The van der Waals surface area contributed by atoms with Gasteiger partial charge in [-0.15, -0.1) is 11.6 Å². The first-order valence-corrected chi connectivity index (χ1v) is 4.87. The Bertz CT molecular complexity index is 143. The molecule has 0 unspecified atom stereocenters. The van der Waals surface area contributed by atoms with Gasteiger partial charge in [0, 0.05) is 32.7 Å². The number of ether oxygens (including phenoxy) is 1. The molecule has 14 heavy (non-hydrogen) atoms. The van der Waals surface area contributed by atoms with Crippen LogP contribution in [-0.2, 0) is 4.74 Å². The van der Waals surface area contributed by atoms with Crippen molar-refractivity contribution in [1.29, 1.82) is 0 Å². The van der Waals surface area contributed by atoms with Crippen LogP contribution in [0.15, 0.2) is 0 Å². The fourth-order valence-corrected chi connectivity index (χ4v) is 1.31. The lowest BCUT2D eigenvalue weighted by molar-refractivity contribution is -0.145. The minimum Gasteiger partial charge on any atom is -0.385 e. The largest absolute Gasteiger partial charge is 0.401 e. The Balaban J connectivity index is 3.77. The fourth-order valence-electron chi connectivity index (χ4n) is 1.08. The van der Waals surface area contributed by atoms with E-state index in [1.165, 1.54) is 12.0 Å². The highest BCUT2D eigenvalue weighted by atomic mass is 35.5. The summed E-state index contributed by atoms with van der Waals surface area (Å²) < 4.78 is 40.8. The Morgan fingerprint density at radius 2 is 1.93 bits per heavy atom. The maximum absolute atomic E-state index is 12.0. The first-order chi connectivity index (χ1) is 6.49. The molecule has 0 N–H and O–H groups in total. The summed E-state index contributed by atoms with van der Waals surface area (Å²) in [6.45, 7) is 0.185. The molecular formula is C8H15ClF3NO. The van der Waals surface area contributed by atoms with Crippen molar-refractivity contribution in [3.05, 3.63) is 0 Å². The highest BCUT2D eigenvalue weighted by molar-refractivity contribution is 6.18. The molecule has 0 aromatic rings. The standard InChI is InChI=1S/C8H15ClF3NO/c1-14-6-2-4-13(5-3-9)7-8(10,11)12/h2-7H2,1H3. The second-order valence-corrected chi connectivity index (χ2v) is 3.30. The van der Waals surface area contributed by atoms with E-state index in [9.17, 15) is 13.2 Å². The zero-order chi connectivity index (χ0) is 11.0. The number of alkyl halides is 4. The van der Waals surface area contributed by atoms with Gasteiger partial charge in [0.05, 0.1) is 6.54 Å². The molecule has 0 aliphatic rings. The summed E-state index contributed by atoms with van der Waals surface area (Å²) in [4.78, 5) is 1.28. The van der Waals surface area contributed by atoms with Crippen LogP contribution in [0.25, 0.3) is 0 Å². The van der Waals surface area contributed by atoms with Gasteiger partial charge in [-0.05, 0) is 6.42 Å². The van der Waals surface area contributed by atoms with Crippen molar-refractivity contribution in [2.24, 2.45) is 0 Å². The Kier molecular flexibility index (Phi) is 7.31. The van der Waals surface area contributed by atoms with Crippen LogP contribution >= 0.6 is 11.6 Å². The van der Waals surface area contributed by atoms with Crippen LogP contribution in [0.2, 0.25) is 0 Å². The zero-order valence-electron chi connectivity index (χ0n) is 8.11. The average molecular weight is 234 g/mol. The molecule has 0 aromatic carbocycles. The van der Waals surface area contributed by atoms with Gasteiger partial charge in [0.25, 0.3) is 0 Å². The van der Waals surface area contributed by atoms with Crippen LogP contribution in [-0.4, -0.2) is 50.3 Å². The Morgan fingerprint density at radius 1 is 1.29 bits per heavy atom. The quantitative estimate of drug-likeness (QED) is 0.493. The molecule has 0 rings (SSSR count). The van der Waals surface area contributed by atoms with E-state index in [-0.39, 0.29) is 12.4 Å². The van der Waals surface area contributed by atoms with Crippen LogP contribution < -0.4 is 0 Å². The van der Waals surface area contributed by atoms with Gasteiger partial charge in [-0.3, -0.25) is 4.90 Å². The molecule has 0 spiro atoms. The van der Waals surface area contributed by atoms with E-state index in [1.807, 2.05) is 0 Å². The van der Waals surface area contributed by atoms with E-state index in [2.05, 4.69) is 0 Å². The number of halogens is 4. The predicted molar refractivity (Wildman–Crippen MR) is 49.7 cm³/mol. The van der Waals surface area contributed by atoms with Gasteiger partial charge in [0.1, 0.15) is 0 Å². The lowest BCUT2D eigenvalue weighted by atomic mass is 10.4. The molecule has 0 amide bonds. The Hall–Kier alpha value is -0.0000000000000000555. The topological polar surface area (TPSA) is 12.5 Å². The molecule has 0 radical (unpaired) electrons. The number of hydrogen-bond donors (Lipinski definition) is 0. The summed E-state index contributed by atoms with van der Waals surface area (Å²) in [5.41, 5.74) is 0. The van der Waals surface area contributed by atoms with E-state index in [0.717, 1.165) is 0 Å². The van der Waals surface area contributed by atoms with Gasteiger partial charge in [-0.1, -0.05) is 0 Å². The summed E-state index contributed by atoms with van der Waals surface area (Å²) in [7, 11) is 1.52. The minimum atomic E-state index is -4.15. The number of nitrogens with zero attached hydrogens (tertiary/aromatic N) is 1. The molecule has 0 aromatic heterocycles. The van der Waals surface area contributed by atoms with Crippen molar-refractivity contribution in [3.63, 3.8) is 0 Å². The van der Waals surface area contributed by atoms with E-state index >= 15 is 0 Å². The molecule has 0 fully saturated rings. The summed E-state index contributed by atoms with van der Waals surface area (Å²) in [5.74, 6) is 0.211. The van der Waals surface area contributed by atoms with Gasteiger partial charge in [0.2, 0.25) is 0 Å². The molecule has 0 heterocycles. The minimum absolute atomic E-state index is 0.211. The van der Waals surface area contributed by atoms with Crippen LogP contribution in [0.4, 0.5) is 13.2 Å². The molecule has 0 saturated carbocycles. The molecule has 86 valence electrons. The van der Waals surface area contributed by atoms with Crippen LogP contribution in [0, 0.1) is 0 Å². The van der Waals surface area contributed by atoms with Crippen molar-refractivity contribution in [2.75, 3.05) is 39.2 Å². The third-order valence-corrected chi connectivity index (χ3v) is 1.80. The Morgan fingerprint density at radius 3 is 2.36 bits per heavy atom. The molecule has 0 atom stereocenters. The number of methoxy groups -OCH3 is 1. The molecule has 0 aliphatic carbocycles. The lowest BCUT2D eigenvalue weighted by Gasteiger charge is -2.22. The van der Waals surface area contributed by atoms with Crippen LogP contribution in [0.3, 0.4) is 0 Å². The van der Waals surface area contributed by atoms with Gasteiger partial charge in [0.15, 0.2) is 0 Å². The molecular weight excluding hydrogens is 219 g/mol. The third kappa shape index (κ3) is 8.59. The van der Waals surface area contributed by atoms with Crippen molar-refractivity contribution >= 4 is 11.6 Å². The monoisotopic (exact) mass is 233 g/mol. The molecule has 2 nitrogen and oxygen atoms in total. The van der Waals surface area contributed by atoms with Crippen molar-refractivity contribution in [1.82, 2.24) is 4.90 Å². The van der Waals surface area contributed by atoms with Gasteiger partial charge < -0.3 is 4.74 Å². The highest BCUT2D eigenvalue weighted by Crippen LogP contribution is 2.16. The molecule has 0 saturated heterocycles. The van der Waals surface area contributed by atoms with Gasteiger partial charge in [-0.2, -0.15) is 13.2 Å². The second-order valence-electron chi connectivity index (χ2n) is 2.93. The smallest absolute Gasteiger partial charge is 0.385 e. The first kappa shape index (κ1) is 14.0. The van der Waals surface area contributed by atoms with E-state index < -0.39 is 12.7 Å². The maximum atomic E-state index is 12.0. The summed E-state index contributed by atoms with van der Waals surface area (Å²) in [5, 5.41) is 0. The van der Waals surface area contributed by atoms with Crippen molar-refractivity contribution in [2.45, 2.75) is 12.6 Å². The van der Waals surface area contributed by atoms with E-state index in [4.69, 9.17) is 16.3 Å². The zero-order valence-corrected chi connectivity index (χ0v) is 8.87. The molecule has 0 bridgehead atoms. The normalized spacial score (nSPS) is 12.4. The predicted octanol–water partition coefficient (Wildman–Crippen LogP) is 2.13. The second kappa shape index (κ2) is 7.31. The van der Waals surface area contributed by atoms with Crippen LogP contribution in [0.1, 0.15) is 6.42 Å². The first-order valence-electron chi connectivity index (χ1n) is 4.33. The number of rotatable bonds is 7. The maximum Gasteiger partial charge on any atom is 0.401 e. The highest BCUT2D eigenvalue weighted by Gasteiger charge is 2.30. The SMILES string of the molecule is COCCCN(CCCl)CC(F)(F)F. The lowest BCUT2D eigenvalue weighted by Crippen LogP contribution is -2.36. The summed E-state index contributed by atoms with van der Waals surface area (Å²) in [6, 6.07) is 0. The third-order valence-electron chi connectivity index (χ3n) is 1.63. The summed E-state index contributed by atoms with van der Waals surface area (Å²) in [6.07, 6.45) is -3.57. The Labute approximate surface area is 87.0 Å².